The minimum atomic E-state index is -3.39. The zero-order chi connectivity index (χ0) is 26.1. The summed E-state index contributed by atoms with van der Waals surface area (Å²) in [5.74, 6) is -7.14. The molecule has 0 aromatic carbocycles. The quantitative estimate of drug-likeness (QED) is 0.688. The third kappa shape index (κ3) is 2.08. The standard InChI is InChI=1S/C21H28O5/c1-19-7-5-13(23)9-12(19)3-4-14-15-6-8-21(26,17(25)11-22)20(15,2)10-16(24)18(14)19/h5,7,9,14-16,18,22,24,26H,3-4,6,8,10-11H2,1-2H3/t14?,15-,16?,18+,19-,20-,21-/m0/s1/i3D2,5D,9D,10D2,16D,18D. The summed E-state index contributed by atoms with van der Waals surface area (Å²) in [6.45, 7) is 1.31. The van der Waals surface area contributed by atoms with Crippen LogP contribution in [0.4, 0.5) is 0 Å². The number of fused-ring (bicyclic) bond motifs is 5. The molecule has 0 aromatic heterocycles. The van der Waals surface area contributed by atoms with Gasteiger partial charge in [0, 0.05) is 23.6 Å². The fourth-order valence-corrected chi connectivity index (χ4v) is 5.36. The molecule has 4 aliphatic carbocycles. The number of allylic oxidation sites excluding steroid dienone is 4. The molecule has 5 nitrogen and oxygen atoms in total. The van der Waals surface area contributed by atoms with E-state index in [4.69, 9.17) is 9.60 Å². The Morgan fingerprint density at radius 3 is 2.88 bits per heavy atom. The first-order chi connectivity index (χ1) is 15.2. The van der Waals surface area contributed by atoms with Crippen LogP contribution in [0.15, 0.2) is 23.8 Å². The average molecular weight is 368 g/mol. The van der Waals surface area contributed by atoms with Gasteiger partial charge in [-0.1, -0.05) is 25.5 Å². The van der Waals surface area contributed by atoms with E-state index >= 15 is 0 Å². The molecule has 7 atom stereocenters. The maximum absolute atomic E-state index is 12.6. The van der Waals surface area contributed by atoms with Gasteiger partial charge in [-0.15, -0.1) is 0 Å². The molecule has 0 aromatic rings. The van der Waals surface area contributed by atoms with E-state index in [0.717, 1.165) is 6.08 Å². The Balaban J connectivity index is 2.09. The highest BCUT2D eigenvalue weighted by Gasteiger charge is 2.67. The third-order valence-corrected chi connectivity index (χ3v) is 6.82. The first kappa shape index (κ1) is 10.9. The summed E-state index contributed by atoms with van der Waals surface area (Å²) < 4.78 is 69.8. The lowest BCUT2D eigenvalue weighted by Crippen LogP contribution is -2.61. The molecule has 26 heavy (non-hydrogen) atoms. The van der Waals surface area contributed by atoms with E-state index in [0.29, 0.717) is 0 Å². The molecule has 0 saturated heterocycles. The van der Waals surface area contributed by atoms with Crippen molar-refractivity contribution < 1.29 is 35.9 Å². The average Bonchev–Trinajstić information content (AvgIpc) is 3.00. The number of rotatable bonds is 2. The van der Waals surface area contributed by atoms with Gasteiger partial charge in [-0.05, 0) is 55.9 Å². The van der Waals surface area contributed by atoms with E-state index in [9.17, 15) is 26.3 Å². The lowest BCUT2D eigenvalue weighted by Gasteiger charge is -2.59. The molecule has 4 aliphatic rings. The number of aliphatic hydroxyl groups excluding tert-OH is 1. The van der Waals surface area contributed by atoms with Gasteiger partial charge in [0.2, 0.25) is 0 Å². The first-order valence-corrected chi connectivity index (χ1v) is 8.79. The van der Waals surface area contributed by atoms with Crippen molar-refractivity contribution in [2.24, 2.45) is 28.6 Å². The second-order valence-corrected chi connectivity index (χ2v) is 7.98. The highest BCUT2D eigenvalue weighted by molar-refractivity contribution is 6.01. The summed E-state index contributed by atoms with van der Waals surface area (Å²) >= 11 is 0. The van der Waals surface area contributed by atoms with Crippen LogP contribution in [-0.4, -0.2) is 45.2 Å². The number of Topliss-reactive ketones (excluding diaryl/α,β-unsaturated/α-hetero) is 1. The van der Waals surface area contributed by atoms with Gasteiger partial charge in [0.05, 0.1) is 10.2 Å². The van der Waals surface area contributed by atoms with Crippen molar-refractivity contribution in [1.82, 2.24) is 0 Å². The normalized spacial score (nSPS) is 64.7. The Bertz CT molecular complexity index is 1070. The second kappa shape index (κ2) is 5.60. The highest BCUT2D eigenvalue weighted by Crippen LogP contribution is 2.67. The number of hydrogen-bond donors (Lipinski definition) is 3. The van der Waals surface area contributed by atoms with Crippen LogP contribution in [0, 0.1) is 28.6 Å². The monoisotopic (exact) mass is 368 g/mol. The van der Waals surface area contributed by atoms with Gasteiger partial charge in [0.15, 0.2) is 11.6 Å². The minimum absolute atomic E-state index is 0.0467. The van der Waals surface area contributed by atoms with Crippen LogP contribution in [0.5, 0.6) is 0 Å². The number of carbonyl (C=O) groups excluding carboxylic acids is 2. The van der Waals surface area contributed by atoms with E-state index in [-0.39, 0.29) is 12.8 Å². The van der Waals surface area contributed by atoms with Crippen molar-refractivity contribution in [3.05, 3.63) is 23.8 Å². The maximum atomic E-state index is 12.6. The smallest absolute Gasteiger partial charge is 0.190 e. The van der Waals surface area contributed by atoms with Crippen molar-refractivity contribution in [2.75, 3.05) is 6.61 Å². The number of ketones is 2. The molecule has 3 saturated carbocycles. The van der Waals surface area contributed by atoms with Gasteiger partial charge in [-0.3, -0.25) is 9.59 Å². The highest BCUT2D eigenvalue weighted by atomic mass is 16.3. The molecule has 0 spiro atoms. The van der Waals surface area contributed by atoms with Gasteiger partial charge in [0.1, 0.15) is 12.2 Å². The Kier molecular flexibility index (Phi) is 2.34. The van der Waals surface area contributed by atoms with Crippen LogP contribution < -0.4 is 0 Å². The summed E-state index contributed by atoms with van der Waals surface area (Å²) in [5.41, 5.74) is -7.22. The molecule has 142 valence electrons. The lowest BCUT2D eigenvalue weighted by atomic mass is 9.46. The molecule has 0 amide bonds. The molecule has 3 fully saturated rings. The molecule has 4 rings (SSSR count). The molecular weight excluding hydrogens is 332 g/mol. The first-order valence-electron chi connectivity index (χ1n) is 12.8. The van der Waals surface area contributed by atoms with Crippen LogP contribution in [0.2, 0.25) is 0 Å². The van der Waals surface area contributed by atoms with Crippen molar-refractivity contribution in [2.45, 2.75) is 57.5 Å². The number of aliphatic hydroxyl groups is 3. The molecule has 5 heteroatoms. The molecule has 2 unspecified atom stereocenters. The SMILES string of the molecule is [2H]C1=C[C@@]2(C)C(=C([2H])C1=O)C([2H])([2H])CC1[C@@H]3CC[C@](O)(C(=O)CO)[C@@]3(C)C([2H])([2H])C([2H])(O)[C@@]12[2H]. The third-order valence-electron chi connectivity index (χ3n) is 6.82. The van der Waals surface area contributed by atoms with Crippen LogP contribution in [-0.2, 0) is 9.59 Å². The molecule has 0 bridgehead atoms. The summed E-state index contributed by atoms with van der Waals surface area (Å²) in [4.78, 5) is 25.0. The van der Waals surface area contributed by atoms with Gasteiger partial charge >= 0.3 is 0 Å². The van der Waals surface area contributed by atoms with Gasteiger partial charge < -0.3 is 15.3 Å². The lowest BCUT2D eigenvalue weighted by molar-refractivity contribution is -0.178. The zero-order valence-corrected chi connectivity index (χ0v) is 14.7. The summed E-state index contributed by atoms with van der Waals surface area (Å²) in [7, 11) is 0. The Morgan fingerprint density at radius 2 is 2.19 bits per heavy atom. The van der Waals surface area contributed by atoms with Crippen molar-refractivity contribution in [3.8, 4) is 0 Å². The predicted molar refractivity (Wildman–Crippen MR) is 95.0 cm³/mol. The predicted octanol–water partition coefficient (Wildman–Crippen LogP) is 1.56. The van der Waals surface area contributed by atoms with E-state index in [1.807, 2.05) is 0 Å². The van der Waals surface area contributed by atoms with E-state index < -0.39 is 95.3 Å². The Labute approximate surface area is 165 Å². The molecule has 0 radical (unpaired) electrons. The van der Waals surface area contributed by atoms with Gasteiger partial charge in [-0.2, -0.15) is 0 Å². The van der Waals surface area contributed by atoms with Crippen molar-refractivity contribution in [1.29, 1.82) is 0 Å². The fourth-order valence-electron chi connectivity index (χ4n) is 5.36. The summed E-state index contributed by atoms with van der Waals surface area (Å²) in [6.07, 6.45) is -8.93. The largest absolute Gasteiger partial charge is 0.393 e. The summed E-state index contributed by atoms with van der Waals surface area (Å²) in [5, 5.41) is 32.5. The number of carbonyl (C=O) groups is 2. The van der Waals surface area contributed by atoms with Crippen LogP contribution in [0.1, 0.15) is 56.8 Å². The number of hydrogen-bond acceptors (Lipinski definition) is 5. The van der Waals surface area contributed by atoms with Gasteiger partial charge in [0.25, 0.3) is 0 Å². The Hall–Kier alpha value is -1.30. The van der Waals surface area contributed by atoms with Crippen LogP contribution in [0.25, 0.3) is 0 Å². The Morgan fingerprint density at radius 1 is 1.46 bits per heavy atom. The topological polar surface area (TPSA) is 94.8 Å². The minimum Gasteiger partial charge on any atom is -0.393 e. The molecular formula is C21H28O5. The second-order valence-electron chi connectivity index (χ2n) is 7.98. The molecule has 0 aliphatic heterocycles. The summed E-state index contributed by atoms with van der Waals surface area (Å²) in [6, 6.07) is -1.57. The van der Waals surface area contributed by atoms with Crippen molar-refractivity contribution in [3.63, 3.8) is 0 Å². The molecule has 3 N–H and O–H groups in total. The fraction of sp³-hybridized carbons (Fsp3) is 0.714. The van der Waals surface area contributed by atoms with E-state index in [1.165, 1.54) is 13.8 Å². The van der Waals surface area contributed by atoms with Crippen molar-refractivity contribution >= 4 is 11.6 Å². The zero-order valence-electron chi connectivity index (χ0n) is 22.7. The van der Waals surface area contributed by atoms with Crippen LogP contribution in [0.3, 0.4) is 0 Å². The van der Waals surface area contributed by atoms with E-state index in [1.54, 1.807) is 0 Å². The van der Waals surface area contributed by atoms with Crippen LogP contribution >= 0.6 is 0 Å². The molecule has 0 heterocycles. The maximum Gasteiger partial charge on any atom is 0.190 e. The van der Waals surface area contributed by atoms with E-state index in [2.05, 4.69) is 0 Å². The van der Waals surface area contributed by atoms with Gasteiger partial charge in [-0.25, -0.2) is 0 Å².